The smallest absolute Gasteiger partial charge is 0.252 e. The lowest BCUT2D eigenvalue weighted by atomic mass is 10.0. The Balaban J connectivity index is 1.48. The molecule has 7 nitrogen and oxygen atoms in total. The van der Waals surface area contributed by atoms with Gasteiger partial charge in [-0.2, -0.15) is 0 Å². The van der Waals surface area contributed by atoms with Gasteiger partial charge >= 0.3 is 0 Å². The Bertz CT molecular complexity index is 1060. The number of aliphatic hydroxyl groups is 1. The second-order valence-corrected chi connectivity index (χ2v) is 7.08. The third-order valence-electron chi connectivity index (χ3n) is 5.31. The van der Waals surface area contributed by atoms with Crippen molar-refractivity contribution in [3.63, 3.8) is 0 Å². The lowest BCUT2D eigenvalue weighted by Crippen LogP contribution is -2.51. The van der Waals surface area contributed by atoms with Gasteiger partial charge in [0.05, 0.1) is 20.3 Å². The molecule has 0 saturated heterocycles. The molecule has 2 heterocycles. The van der Waals surface area contributed by atoms with Crippen molar-refractivity contribution >= 4 is 22.7 Å². The van der Waals surface area contributed by atoms with E-state index in [9.17, 15) is 14.7 Å². The molecule has 1 atom stereocenters. The van der Waals surface area contributed by atoms with Crippen LogP contribution in [0.5, 0.6) is 5.75 Å². The molecule has 4 rings (SSSR count). The van der Waals surface area contributed by atoms with Crippen LogP contribution in [0.3, 0.4) is 0 Å². The van der Waals surface area contributed by atoms with Crippen LogP contribution in [-0.2, 0) is 17.8 Å². The summed E-state index contributed by atoms with van der Waals surface area (Å²) in [5, 5.41) is 13.6. The zero-order chi connectivity index (χ0) is 20.4. The van der Waals surface area contributed by atoms with Crippen molar-refractivity contribution in [2.24, 2.45) is 0 Å². The van der Waals surface area contributed by atoms with Gasteiger partial charge in [0, 0.05) is 28.7 Å². The van der Waals surface area contributed by atoms with Gasteiger partial charge in [0.15, 0.2) is 0 Å². The van der Waals surface area contributed by atoms with Crippen LogP contribution >= 0.6 is 0 Å². The number of ether oxygens (including phenoxy) is 1. The number of hydrogen-bond donors (Lipinski definition) is 3. The lowest BCUT2D eigenvalue weighted by molar-refractivity contribution is -0.135. The van der Waals surface area contributed by atoms with E-state index in [1.54, 1.807) is 29.2 Å². The highest BCUT2D eigenvalue weighted by atomic mass is 16.5. The van der Waals surface area contributed by atoms with Crippen molar-refractivity contribution in [2.75, 3.05) is 20.3 Å². The van der Waals surface area contributed by atoms with Crippen molar-refractivity contribution in [1.29, 1.82) is 0 Å². The number of benzene rings is 2. The number of hydrogen-bond acceptors (Lipinski definition) is 4. The molecule has 3 N–H and O–H groups in total. The van der Waals surface area contributed by atoms with Crippen LogP contribution in [0.2, 0.25) is 0 Å². The van der Waals surface area contributed by atoms with E-state index in [0.29, 0.717) is 24.4 Å². The number of aromatic amines is 1. The summed E-state index contributed by atoms with van der Waals surface area (Å²) in [4.78, 5) is 30.5. The van der Waals surface area contributed by atoms with Crippen LogP contribution in [0.1, 0.15) is 21.6 Å². The van der Waals surface area contributed by atoms with E-state index in [1.807, 2.05) is 18.2 Å². The van der Waals surface area contributed by atoms with Crippen LogP contribution < -0.4 is 10.1 Å². The van der Waals surface area contributed by atoms with Crippen molar-refractivity contribution in [1.82, 2.24) is 15.2 Å². The zero-order valence-electron chi connectivity index (χ0n) is 16.1. The topological polar surface area (TPSA) is 94.7 Å². The highest BCUT2D eigenvalue weighted by Crippen LogP contribution is 2.27. The first-order valence-electron chi connectivity index (χ1n) is 9.53. The maximum Gasteiger partial charge on any atom is 0.252 e. The Hall–Kier alpha value is -3.32. The monoisotopic (exact) mass is 393 g/mol. The van der Waals surface area contributed by atoms with Gasteiger partial charge in [-0.15, -0.1) is 0 Å². The van der Waals surface area contributed by atoms with Crippen molar-refractivity contribution in [3.8, 4) is 5.75 Å². The predicted octanol–water partition coefficient (Wildman–Crippen LogP) is 1.85. The fraction of sp³-hybridized carbons (Fsp3) is 0.273. The fourth-order valence-corrected chi connectivity index (χ4v) is 3.79. The summed E-state index contributed by atoms with van der Waals surface area (Å²) in [5.74, 6) is -0.181. The van der Waals surface area contributed by atoms with Gasteiger partial charge in [0.25, 0.3) is 5.91 Å². The van der Waals surface area contributed by atoms with Gasteiger partial charge in [-0.05, 0) is 36.2 Å². The van der Waals surface area contributed by atoms with Crippen molar-refractivity contribution in [2.45, 2.75) is 19.0 Å². The van der Waals surface area contributed by atoms with E-state index in [-0.39, 0.29) is 5.91 Å². The lowest BCUT2D eigenvalue weighted by Gasteiger charge is -2.30. The highest BCUT2D eigenvalue weighted by molar-refractivity contribution is 5.98. The SMILES string of the molecule is COc1cccc(C(=O)N[C@@H](CO)C(=O)N2CCc3c([nH]c4ccccc34)C2)c1. The third kappa shape index (κ3) is 3.69. The molecule has 2 aromatic carbocycles. The minimum atomic E-state index is -1.00. The number of nitrogens with zero attached hydrogens (tertiary/aromatic N) is 1. The first kappa shape index (κ1) is 19.0. The Morgan fingerprint density at radius 2 is 2.07 bits per heavy atom. The average Bonchev–Trinajstić information content (AvgIpc) is 3.14. The van der Waals surface area contributed by atoms with Gasteiger partial charge in [-0.1, -0.05) is 24.3 Å². The number of H-pyrrole nitrogens is 1. The maximum absolute atomic E-state index is 13.0. The first-order valence-corrected chi connectivity index (χ1v) is 9.53. The quantitative estimate of drug-likeness (QED) is 0.617. The minimum absolute atomic E-state index is 0.298. The van der Waals surface area contributed by atoms with E-state index in [1.165, 1.54) is 18.1 Å². The maximum atomic E-state index is 13.0. The van der Waals surface area contributed by atoms with Gasteiger partial charge in [0.2, 0.25) is 5.91 Å². The first-order chi connectivity index (χ1) is 14.1. The second-order valence-electron chi connectivity index (χ2n) is 7.08. The summed E-state index contributed by atoms with van der Waals surface area (Å²) >= 11 is 0. The van der Waals surface area contributed by atoms with Gasteiger partial charge in [0.1, 0.15) is 11.8 Å². The second kappa shape index (κ2) is 7.97. The molecular formula is C22H23N3O4. The largest absolute Gasteiger partial charge is 0.497 e. The van der Waals surface area contributed by atoms with Crippen LogP contribution in [0.25, 0.3) is 10.9 Å². The summed E-state index contributed by atoms with van der Waals surface area (Å²) in [5.41, 5.74) is 3.65. The van der Waals surface area contributed by atoms with Crippen molar-refractivity contribution in [3.05, 3.63) is 65.4 Å². The van der Waals surface area contributed by atoms with E-state index in [4.69, 9.17) is 4.74 Å². The number of amides is 2. The normalized spacial score (nSPS) is 14.3. The molecular weight excluding hydrogens is 370 g/mol. The standard InChI is InChI=1S/C22H23N3O4/c1-29-15-6-4-5-14(11-15)21(27)24-20(13-26)22(28)25-10-9-17-16-7-2-3-8-18(16)23-19(17)12-25/h2-8,11,20,23,26H,9-10,12-13H2,1H3,(H,24,27)/t20-/m0/s1. The number of para-hydroxylation sites is 1. The molecule has 29 heavy (non-hydrogen) atoms. The van der Waals surface area contributed by atoms with E-state index >= 15 is 0 Å². The Kier molecular flexibility index (Phi) is 5.22. The Morgan fingerprint density at radius 3 is 2.86 bits per heavy atom. The highest BCUT2D eigenvalue weighted by Gasteiger charge is 2.29. The Labute approximate surface area is 168 Å². The van der Waals surface area contributed by atoms with E-state index in [2.05, 4.69) is 16.4 Å². The number of nitrogens with one attached hydrogen (secondary N) is 2. The molecule has 150 valence electrons. The van der Waals surface area contributed by atoms with Crippen molar-refractivity contribution < 1.29 is 19.4 Å². The van der Waals surface area contributed by atoms with Gasteiger partial charge in [-0.25, -0.2) is 0 Å². The molecule has 0 aliphatic carbocycles. The molecule has 0 saturated carbocycles. The molecule has 1 aromatic heterocycles. The molecule has 1 aliphatic heterocycles. The summed E-state index contributed by atoms with van der Waals surface area (Å²) in [6.45, 7) is 0.498. The zero-order valence-corrected chi connectivity index (χ0v) is 16.1. The van der Waals surface area contributed by atoms with Crippen LogP contribution in [0.4, 0.5) is 0 Å². The van der Waals surface area contributed by atoms with Gasteiger partial charge in [-0.3, -0.25) is 9.59 Å². The predicted molar refractivity (Wildman–Crippen MR) is 109 cm³/mol. The molecule has 0 fully saturated rings. The Morgan fingerprint density at radius 1 is 1.24 bits per heavy atom. The van der Waals surface area contributed by atoms with E-state index < -0.39 is 18.6 Å². The molecule has 0 radical (unpaired) electrons. The number of rotatable bonds is 5. The molecule has 0 bridgehead atoms. The molecule has 1 aliphatic rings. The minimum Gasteiger partial charge on any atom is -0.497 e. The fourth-order valence-electron chi connectivity index (χ4n) is 3.79. The van der Waals surface area contributed by atoms with Crippen LogP contribution in [0, 0.1) is 0 Å². The van der Waals surface area contributed by atoms with E-state index in [0.717, 1.165) is 17.6 Å². The molecule has 3 aromatic rings. The van der Waals surface area contributed by atoms with Crippen LogP contribution in [0.15, 0.2) is 48.5 Å². The number of carbonyl (C=O) groups excluding carboxylic acids is 2. The average molecular weight is 393 g/mol. The van der Waals surface area contributed by atoms with Crippen LogP contribution in [-0.4, -0.2) is 53.1 Å². The summed E-state index contributed by atoms with van der Waals surface area (Å²) in [6, 6.07) is 13.7. The number of aromatic nitrogens is 1. The van der Waals surface area contributed by atoms with Gasteiger partial charge < -0.3 is 25.0 Å². The molecule has 0 unspecified atom stereocenters. The summed E-state index contributed by atoms with van der Waals surface area (Å²) in [6.07, 6.45) is 0.729. The summed E-state index contributed by atoms with van der Waals surface area (Å²) in [7, 11) is 1.52. The number of aliphatic hydroxyl groups excluding tert-OH is 1. The molecule has 0 spiro atoms. The number of methoxy groups -OCH3 is 1. The molecule has 2 amide bonds. The third-order valence-corrected chi connectivity index (χ3v) is 5.31. The number of fused-ring (bicyclic) bond motifs is 3. The summed E-state index contributed by atoms with van der Waals surface area (Å²) < 4.78 is 5.13. The number of carbonyl (C=O) groups is 2. The molecule has 7 heteroatoms.